The van der Waals surface area contributed by atoms with Gasteiger partial charge in [-0.1, -0.05) is 36.8 Å². The number of nitrogens with one attached hydrogen (secondary N) is 2. The Morgan fingerprint density at radius 1 is 1.18 bits per heavy atom. The third-order valence-electron chi connectivity index (χ3n) is 6.05. The second-order valence-corrected chi connectivity index (χ2v) is 8.25. The summed E-state index contributed by atoms with van der Waals surface area (Å²) in [6.07, 6.45) is 3.77. The summed E-state index contributed by atoms with van der Waals surface area (Å²) in [5.74, 6) is 2.11. The molecule has 156 valence electrons. The standard InChI is InChI=1S/C23H38N4O/c1-4-24-23(25-15-19-12-13-27(5-2)17-19)26-16-21-7-6-14-28-22(21)20-10-8-18(3)9-11-20/h8-11,19,21-22H,4-7,12-17H2,1-3H3,(H2,24,25,26). The van der Waals surface area contributed by atoms with Crippen molar-refractivity contribution in [3.05, 3.63) is 35.4 Å². The molecule has 5 heteroatoms. The lowest BCUT2D eigenvalue weighted by Gasteiger charge is -2.32. The molecule has 3 unspecified atom stereocenters. The molecule has 2 N–H and O–H groups in total. The molecule has 2 fully saturated rings. The first-order valence-electron chi connectivity index (χ1n) is 11.1. The van der Waals surface area contributed by atoms with Crippen LogP contribution in [0.5, 0.6) is 0 Å². The van der Waals surface area contributed by atoms with E-state index in [-0.39, 0.29) is 6.10 Å². The van der Waals surface area contributed by atoms with E-state index in [1.54, 1.807) is 0 Å². The molecule has 2 heterocycles. The molecule has 0 aliphatic carbocycles. The van der Waals surface area contributed by atoms with E-state index < -0.39 is 0 Å². The molecule has 0 amide bonds. The van der Waals surface area contributed by atoms with Crippen molar-refractivity contribution in [1.29, 1.82) is 0 Å². The Morgan fingerprint density at radius 2 is 2.00 bits per heavy atom. The highest BCUT2D eigenvalue weighted by molar-refractivity contribution is 5.79. The van der Waals surface area contributed by atoms with E-state index in [0.29, 0.717) is 11.8 Å². The maximum absolute atomic E-state index is 6.17. The number of nitrogens with zero attached hydrogens (tertiary/aromatic N) is 2. The number of hydrogen-bond donors (Lipinski definition) is 2. The van der Waals surface area contributed by atoms with Crippen molar-refractivity contribution in [3.8, 4) is 0 Å². The van der Waals surface area contributed by atoms with Gasteiger partial charge in [-0.2, -0.15) is 0 Å². The van der Waals surface area contributed by atoms with Crippen LogP contribution in [0.4, 0.5) is 0 Å². The quantitative estimate of drug-likeness (QED) is 0.557. The van der Waals surface area contributed by atoms with Gasteiger partial charge in [0.25, 0.3) is 0 Å². The van der Waals surface area contributed by atoms with Gasteiger partial charge in [0.1, 0.15) is 0 Å². The summed E-state index contributed by atoms with van der Waals surface area (Å²) in [5, 5.41) is 7.01. The lowest BCUT2D eigenvalue weighted by Crippen LogP contribution is -2.42. The van der Waals surface area contributed by atoms with E-state index >= 15 is 0 Å². The zero-order chi connectivity index (χ0) is 19.8. The van der Waals surface area contributed by atoms with Crippen LogP contribution in [-0.2, 0) is 4.74 Å². The second kappa shape index (κ2) is 10.8. The van der Waals surface area contributed by atoms with Crippen molar-refractivity contribution in [2.45, 2.75) is 46.1 Å². The number of aryl methyl sites for hydroxylation is 1. The fourth-order valence-electron chi connectivity index (χ4n) is 4.32. The number of aliphatic imine (C=N–C) groups is 1. The summed E-state index contributed by atoms with van der Waals surface area (Å²) >= 11 is 0. The summed E-state index contributed by atoms with van der Waals surface area (Å²) in [6.45, 7) is 13.6. The molecule has 0 bridgehead atoms. The molecule has 5 nitrogen and oxygen atoms in total. The lowest BCUT2D eigenvalue weighted by molar-refractivity contribution is -0.0265. The van der Waals surface area contributed by atoms with Crippen LogP contribution in [0.25, 0.3) is 0 Å². The molecule has 3 atom stereocenters. The largest absolute Gasteiger partial charge is 0.373 e. The van der Waals surface area contributed by atoms with E-state index in [1.807, 2.05) is 0 Å². The van der Waals surface area contributed by atoms with Crippen molar-refractivity contribution in [3.63, 3.8) is 0 Å². The highest BCUT2D eigenvalue weighted by atomic mass is 16.5. The third kappa shape index (κ3) is 5.95. The molecule has 2 aliphatic heterocycles. The summed E-state index contributed by atoms with van der Waals surface area (Å²) in [6, 6.07) is 8.81. The highest BCUT2D eigenvalue weighted by Gasteiger charge is 2.27. The SMILES string of the molecule is CCNC(=NCC1CCN(CC)C1)NCC1CCCOC1c1ccc(C)cc1. The van der Waals surface area contributed by atoms with E-state index in [1.165, 1.54) is 37.1 Å². The van der Waals surface area contributed by atoms with Gasteiger partial charge in [0.05, 0.1) is 6.10 Å². The first-order valence-corrected chi connectivity index (χ1v) is 11.1. The van der Waals surface area contributed by atoms with Crippen LogP contribution in [0.2, 0.25) is 0 Å². The summed E-state index contributed by atoms with van der Waals surface area (Å²) < 4.78 is 6.17. The zero-order valence-corrected chi connectivity index (χ0v) is 17.9. The smallest absolute Gasteiger partial charge is 0.191 e. The topological polar surface area (TPSA) is 48.9 Å². The molecule has 1 aromatic rings. The Labute approximate surface area is 170 Å². The zero-order valence-electron chi connectivity index (χ0n) is 17.9. The summed E-state index contributed by atoms with van der Waals surface area (Å²) in [5.41, 5.74) is 2.59. The van der Waals surface area contributed by atoms with Crippen molar-refractivity contribution in [1.82, 2.24) is 15.5 Å². The molecule has 2 aliphatic rings. The van der Waals surface area contributed by atoms with Crippen LogP contribution in [0.1, 0.15) is 50.3 Å². The minimum atomic E-state index is 0.178. The van der Waals surface area contributed by atoms with Gasteiger partial charge in [-0.15, -0.1) is 0 Å². The van der Waals surface area contributed by atoms with Crippen molar-refractivity contribution in [2.75, 3.05) is 45.9 Å². The fraction of sp³-hybridized carbons (Fsp3) is 0.696. The monoisotopic (exact) mass is 386 g/mol. The number of rotatable bonds is 7. The first kappa shape index (κ1) is 21.1. The van der Waals surface area contributed by atoms with Crippen LogP contribution < -0.4 is 10.6 Å². The van der Waals surface area contributed by atoms with E-state index in [0.717, 1.165) is 45.2 Å². The highest BCUT2D eigenvalue weighted by Crippen LogP contribution is 2.33. The third-order valence-corrected chi connectivity index (χ3v) is 6.05. The predicted molar refractivity (Wildman–Crippen MR) is 117 cm³/mol. The lowest BCUT2D eigenvalue weighted by atomic mass is 9.89. The van der Waals surface area contributed by atoms with E-state index in [9.17, 15) is 0 Å². The van der Waals surface area contributed by atoms with Gasteiger partial charge in [-0.3, -0.25) is 4.99 Å². The number of guanidine groups is 1. The van der Waals surface area contributed by atoms with Gasteiger partial charge in [-0.25, -0.2) is 0 Å². The van der Waals surface area contributed by atoms with Crippen LogP contribution >= 0.6 is 0 Å². The van der Waals surface area contributed by atoms with Crippen LogP contribution in [0.3, 0.4) is 0 Å². The van der Waals surface area contributed by atoms with E-state index in [2.05, 4.69) is 60.6 Å². The molecule has 0 aromatic heterocycles. The Morgan fingerprint density at radius 3 is 2.71 bits per heavy atom. The fourth-order valence-corrected chi connectivity index (χ4v) is 4.32. The van der Waals surface area contributed by atoms with Gasteiger partial charge in [0, 0.05) is 38.7 Å². The maximum Gasteiger partial charge on any atom is 0.191 e. The second-order valence-electron chi connectivity index (χ2n) is 8.25. The van der Waals surface area contributed by atoms with Gasteiger partial charge in [0.2, 0.25) is 0 Å². The number of hydrogen-bond acceptors (Lipinski definition) is 3. The van der Waals surface area contributed by atoms with Crippen molar-refractivity contribution in [2.24, 2.45) is 16.8 Å². The molecule has 3 rings (SSSR count). The average Bonchev–Trinajstić information content (AvgIpc) is 3.19. The van der Waals surface area contributed by atoms with Crippen molar-refractivity contribution < 1.29 is 4.74 Å². The molecular weight excluding hydrogens is 348 g/mol. The maximum atomic E-state index is 6.17. The predicted octanol–water partition coefficient (Wildman–Crippen LogP) is 3.36. The molecule has 1 aromatic carbocycles. The van der Waals surface area contributed by atoms with Gasteiger partial charge in [-0.05, 0) is 57.7 Å². The minimum absolute atomic E-state index is 0.178. The van der Waals surface area contributed by atoms with Crippen molar-refractivity contribution >= 4 is 5.96 Å². The first-order chi connectivity index (χ1) is 13.7. The summed E-state index contributed by atoms with van der Waals surface area (Å²) in [7, 11) is 0. The Balaban J connectivity index is 1.56. The van der Waals surface area contributed by atoms with Crippen LogP contribution in [-0.4, -0.2) is 56.7 Å². The molecule has 28 heavy (non-hydrogen) atoms. The van der Waals surface area contributed by atoms with Gasteiger partial charge < -0.3 is 20.3 Å². The number of likely N-dealkylation sites (tertiary alicyclic amines) is 1. The molecule has 0 radical (unpaired) electrons. The minimum Gasteiger partial charge on any atom is -0.373 e. The summed E-state index contributed by atoms with van der Waals surface area (Å²) in [4.78, 5) is 7.40. The van der Waals surface area contributed by atoms with E-state index in [4.69, 9.17) is 9.73 Å². The molecule has 2 saturated heterocycles. The Bertz CT molecular complexity index is 616. The normalized spacial score (nSPS) is 26.4. The van der Waals surface area contributed by atoms with Crippen LogP contribution in [0, 0.1) is 18.8 Å². The average molecular weight is 387 g/mol. The number of ether oxygens (including phenoxy) is 1. The molecule has 0 saturated carbocycles. The molecular formula is C23H38N4O. The van der Waals surface area contributed by atoms with Gasteiger partial charge in [0.15, 0.2) is 5.96 Å². The Kier molecular flexibility index (Phi) is 8.16. The van der Waals surface area contributed by atoms with Crippen LogP contribution in [0.15, 0.2) is 29.3 Å². The molecule has 0 spiro atoms. The number of benzene rings is 1. The Hall–Kier alpha value is -1.59. The van der Waals surface area contributed by atoms with Gasteiger partial charge >= 0.3 is 0 Å².